The average molecular weight is 295 g/mol. The van der Waals surface area contributed by atoms with Gasteiger partial charge in [0.05, 0.1) is 33.0 Å². The first-order valence-electron chi connectivity index (χ1n) is 6.42. The second-order valence-corrected chi connectivity index (χ2v) is 4.47. The van der Waals surface area contributed by atoms with Gasteiger partial charge in [-0.05, 0) is 12.1 Å². The third-order valence-corrected chi connectivity index (χ3v) is 3.31. The maximum atomic E-state index is 12.6. The Morgan fingerprint density at radius 2 is 2.10 bits per heavy atom. The molecule has 7 heteroatoms. The minimum absolute atomic E-state index is 0.0205. The van der Waals surface area contributed by atoms with E-state index in [2.05, 4.69) is 0 Å². The molecule has 114 valence electrons. The molecule has 1 aromatic rings. The molecule has 1 aliphatic heterocycles. The first-order valence-corrected chi connectivity index (χ1v) is 6.42. The van der Waals surface area contributed by atoms with Gasteiger partial charge in [-0.1, -0.05) is 6.07 Å². The molecule has 1 amide bonds. The van der Waals surface area contributed by atoms with E-state index in [1.165, 1.54) is 19.1 Å². The Bertz CT molecular complexity index is 544. The van der Waals surface area contributed by atoms with E-state index in [0.717, 1.165) is 0 Å². The zero-order chi connectivity index (χ0) is 15.4. The predicted molar refractivity (Wildman–Crippen MR) is 72.8 cm³/mol. The number of nitrogens with zero attached hydrogens (tertiary/aromatic N) is 1. The molecule has 7 nitrogen and oxygen atoms in total. The molecule has 1 atom stereocenters. The number of methoxy groups -OCH3 is 2. The highest BCUT2D eigenvalue weighted by molar-refractivity contribution is 5.99. The number of hydrogen-bond donors (Lipinski definition) is 1. The first kappa shape index (κ1) is 15.1. The van der Waals surface area contributed by atoms with Crippen LogP contribution in [0.4, 0.5) is 0 Å². The molecule has 0 unspecified atom stereocenters. The van der Waals surface area contributed by atoms with Crippen LogP contribution in [0.5, 0.6) is 11.5 Å². The van der Waals surface area contributed by atoms with Gasteiger partial charge in [0.2, 0.25) is 0 Å². The Hall–Kier alpha value is -2.28. The molecule has 0 saturated carbocycles. The molecule has 0 aliphatic carbocycles. The van der Waals surface area contributed by atoms with E-state index in [1.54, 1.807) is 18.2 Å². The van der Waals surface area contributed by atoms with Gasteiger partial charge in [0, 0.05) is 6.54 Å². The number of benzene rings is 1. The summed E-state index contributed by atoms with van der Waals surface area (Å²) >= 11 is 0. The number of carbonyl (C=O) groups excluding carboxylic acids is 1. The number of para-hydroxylation sites is 1. The maximum absolute atomic E-state index is 12.6. The number of ether oxygens (including phenoxy) is 3. The molecule has 1 saturated heterocycles. The fourth-order valence-electron chi connectivity index (χ4n) is 2.26. The molecular formula is C14H17NO6. The maximum Gasteiger partial charge on any atom is 0.328 e. The van der Waals surface area contributed by atoms with Crippen molar-refractivity contribution in [3.8, 4) is 11.5 Å². The zero-order valence-corrected chi connectivity index (χ0v) is 11.9. The number of carbonyl (C=O) groups is 2. The van der Waals surface area contributed by atoms with Crippen molar-refractivity contribution in [2.45, 2.75) is 6.04 Å². The third-order valence-electron chi connectivity index (χ3n) is 3.31. The van der Waals surface area contributed by atoms with Crippen LogP contribution >= 0.6 is 0 Å². The molecular weight excluding hydrogens is 278 g/mol. The smallest absolute Gasteiger partial charge is 0.328 e. The first-order chi connectivity index (χ1) is 10.1. The molecule has 2 rings (SSSR count). The quantitative estimate of drug-likeness (QED) is 0.877. The molecule has 1 N–H and O–H groups in total. The largest absolute Gasteiger partial charge is 0.493 e. The van der Waals surface area contributed by atoms with Gasteiger partial charge in [-0.2, -0.15) is 0 Å². The summed E-state index contributed by atoms with van der Waals surface area (Å²) in [6, 6.07) is 3.91. The summed E-state index contributed by atoms with van der Waals surface area (Å²) in [6.07, 6.45) is 0. The van der Waals surface area contributed by atoms with Gasteiger partial charge in [-0.15, -0.1) is 0 Å². The number of carboxylic acids is 1. The summed E-state index contributed by atoms with van der Waals surface area (Å²) in [5, 5.41) is 9.20. The molecule has 21 heavy (non-hydrogen) atoms. The normalized spacial score (nSPS) is 18.2. The zero-order valence-electron chi connectivity index (χ0n) is 11.9. The second kappa shape index (κ2) is 6.45. The SMILES string of the molecule is COc1cccc(C(=O)N2CCOC[C@@H]2C(=O)O)c1OC. The van der Waals surface area contributed by atoms with Gasteiger partial charge < -0.3 is 24.2 Å². The molecule has 0 aromatic heterocycles. The van der Waals surface area contributed by atoms with Gasteiger partial charge in [-0.25, -0.2) is 4.79 Å². The van der Waals surface area contributed by atoms with Crippen molar-refractivity contribution in [2.24, 2.45) is 0 Å². The van der Waals surface area contributed by atoms with Crippen molar-refractivity contribution in [3.05, 3.63) is 23.8 Å². The van der Waals surface area contributed by atoms with Crippen molar-refractivity contribution in [2.75, 3.05) is 34.0 Å². The predicted octanol–water partition coefficient (Wildman–Crippen LogP) is 0.629. The molecule has 1 aliphatic rings. The van der Waals surface area contributed by atoms with Gasteiger partial charge in [0.15, 0.2) is 17.5 Å². The Balaban J connectivity index is 2.36. The number of amides is 1. The van der Waals surface area contributed by atoms with Crippen molar-refractivity contribution in [3.63, 3.8) is 0 Å². The van der Waals surface area contributed by atoms with Crippen LogP contribution in [0.25, 0.3) is 0 Å². The number of hydrogen-bond acceptors (Lipinski definition) is 5. The second-order valence-electron chi connectivity index (χ2n) is 4.47. The molecule has 0 radical (unpaired) electrons. The molecule has 0 spiro atoms. The van der Waals surface area contributed by atoms with Crippen LogP contribution in [0.2, 0.25) is 0 Å². The van der Waals surface area contributed by atoms with Crippen molar-refractivity contribution < 1.29 is 28.9 Å². The Kier molecular flexibility index (Phi) is 4.64. The number of aliphatic carboxylic acids is 1. The number of carboxylic acid groups (broad SMARTS) is 1. The van der Waals surface area contributed by atoms with Crippen LogP contribution in [-0.4, -0.2) is 61.9 Å². The lowest BCUT2D eigenvalue weighted by Gasteiger charge is -2.33. The van der Waals surface area contributed by atoms with Crippen molar-refractivity contribution in [1.29, 1.82) is 0 Å². The summed E-state index contributed by atoms with van der Waals surface area (Å²) in [5.41, 5.74) is 0.269. The van der Waals surface area contributed by atoms with Crippen LogP contribution in [-0.2, 0) is 9.53 Å². The van der Waals surface area contributed by atoms with E-state index < -0.39 is 17.9 Å². The van der Waals surface area contributed by atoms with Crippen LogP contribution in [0, 0.1) is 0 Å². The topological polar surface area (TPSA) is 85.3 Å². The minimum atomic E-state index is -1.09. The Labute approximate surface area is 122 Å². The van der Waals surface area contributed by atoms with E-state index in [0.29, 0.717) is 18.1 Å². The standard InChI is InChI=1S/C14H17NO6/c1-19-11-5-3-4-9(12(11)20-2)13(16)15-6-7-21-8-10(15)14(17)18/h3-5,10H,6-8H2,1-2H3,(H,17,18)/t10-/m1/s1. The van der Waals surface area contributed by atoms with Crippen molar-refractivity contribution >= 4 is 11.9 Å². The van der Waals surface area contributed by atoms with Crippen LogP contribution < -0.4 is 9.47 Å². The highest BCUT2D eigenvalue weighted by atomic mass is 16.5. The summed E-state index contributed by atoms with van der Waals surface area (Å²) in [4.78, 5) is 25.2. The lowest BCUT2D eigenvalue weighted by molar-refractivity contribution is -0.147. The average Bonchev–Trinajstić information content (AvgIpc) is 2.53. The monoisotopic (exact) mass is 295 g/mol. The summed E-state index contributed by atoms with van der Waals surface area (Å²) in [7, 11) is 2.91. The molecule has 1 heterocycles. The minimum Gasteiger partial charge on any atom is -0.493 e. The highest BCUT2D eigenvalue weighted by Gasteiger charge is 2.34. The summed E-state index contributed by atoms with van der Waals surface area (Å²) < 4.78 is 15.5. The lowest BCUT2D eigenvalue weighted by Crippen LogP contribution is -2.52. The summed E-state index contributed by atoms with van der Waals surface area (Å²) in [6.45, 7) is 0.505. The number of rotatable bonds is 4. The lowest BCUT2D eigenvalue weighted by atomic mass is 10.1. The Morgan fingerprint density at radius 1 is 1.33 bits per heavy atom. The molecule has 1 aromatic carbocycles. The van der Waals surface area contributed by atoms with E-state index in [-0.39, 0.29) is 18.7 Å². The van der Waals surface area contributed by atoms with E-state index in [4.69, 9.17) is 14.2 Å². The van der Waals surface area contributed by atoms with Gasteiger partial charge >= 0.3 is 5.97 Å². The van der Waals surface area contributed by atoms with E-state index in [9.17, 15) is 14.7 Å². The Morgan fingerprint density at radius 3 is 2.71 bits per heavy atom. The van der Waals surface area contributed by atoms with Gasteiger partial charge in [-0.3, -0.25) is 4.79 Å². The fourth-order valence-corrected chi connectivity index (χ4v) is 2.26. The van der Waals surface area contributed by atoms with E-state index in [1.807, 2.05) is 0 Å². The highest BCUT2D eigenvalue weighted by Crippen LogP contribution is 2.32. The van der Waals surface area contributed by atoms with Crippen LogP contribution in [0.1, 0.15) is 10.4 Å². The fraction of sp³-hybridized carbons (Fsp3) is 0.429. The molecule has 0 bridgehead atoms. The van der Waals surface area contributed by atoms with E-state index >= 15 is 0 Å². The van der Waals surface area contributed by atoms with Crippen LogP contribution in [0.15, 0.2) is 18.2 Å². The summed E-state index contributed by atoms with van der Waals surface area (Å²) in [5.74, 6) is -0.796. The number of morpholine rings is 1. The van der Waals surface area contributed by atoms with Gasteiger partial charge in [0.25, 0.3) is 5.91 Å². The third kappa shape index (κ3) is 2.92. The van der Waals surface area contributed by atoms with Gasteiger partial charge in [0.1, 0.15) is 0 Å². The molecule has 1 fully saturated rings. The van der Waals surface area contributed by atoms with Crippen LogP contribution in [0.3, 0.4) is 0 Å². The van der Waals surface area contributed by atoms with Crippen molar-refractivity contribution in [1.82, 2.24) is 4.90 Å².